The number of alkyl carbamates (subject to hydrolysis) is 2. The Morgan fingerprint density at radius 3 is 1.31 bits per heavy atom. The molecule has 15 heteroatoms. The third-order valence-corrected chi connectivity index (χ3v) is 13.2. The van der Waals surface area contributed by atoms with Gasteiger partial charge in [0, 0.05) is 30.2 Å². The van der Waals surface area contributed by atoms with Crippen molar-refractivity contribution in [2.24, 2.45) is 11.8 Å². The van der Waals surface area contributed by atoms with Crippen LogP contribution in [0.5, 0.6) is 0 Å². The number of nitrogens with zero attached hydrogens (tertiary/aromatic N) is 3. The highest BCUT2D eigenvalue weighted by Crippen LogP contribution is 2.47. The Morgan fingerprint density at radius 1 is 0.522 bits per heavy atom. The molecule has 3 aliphatic heterocycles. The fourth-order valence-corrected chi connectivity index (χ4v) is 9.67. The summed E-state index contributed by atoms with van der Waals surface area (Å²) in [6.07, 6.45) is 2.71. The van der Waals surface area contributed by atoms with Gasteiger partial charge in [-0.3, -0.25) is 19.2 Å². The molecule has 3 heterocycles. The maximum atomic E-state index is 13.7. The number of nitrogens with one attached hydrogen (secondary N) is 4. The van der Waals surface area contributed by atoms with Gasteiger partial charge in [-0.15, -0.1) is 0 Å². The van der Waals surface area contributed by atoms with Crippen molar-refractivity contribution in [3.05, 3.63) is 114 Å². The van der Waals surface area contributed by atoms with E-state index >= 15 is 0 Å². The molecular formula is C52H63N7O8. The van der Waals surface area contributed by atoms with Crippen LogP contribution in [0.1, 0.15) is 89.4 Å². The Morgan fingerprint density at radius 2 is 0.925 bits per heavy atom. The van der Waals surface area contributed by atoms with Crippen molar-refractivity contribution in [3.63, 3.8) is 0 Å². The van der Waals surface area contributed by atoms with Crippen LogP contribution in [0, 0.1) is 11.8 Å². The van der Waals surface area contributed by atoms with Crippen LogP contribution in [0.3, 0.4) is 0 Å². The standard InChI is InChI=1S/C52H63N7O8/c1-32(2)45(55-51(64)66-5)49(62)57-30-10-14-43(57)47(60)53-38-22-16-36(17-23-38)41-28-29-42(59(41)40-26-20-35(21-27-40)34-12-8-7-9-13-34)37-18-24-39(25-19-37)54-48(61)44-15-11-31-58(44)50(63)46(33(3)4)56-52(65)67-6/h7-9,12-13,16-27,32-33,41-46H,10-11,14-15,28-31H2,1-6H3,(H,53,60)(H,54,61)(H,55,64)(H,56,65)/t41?,42?,43-,44-,45-,46-/m0/s1. The number of benzene rings is 4. The van der Waals surface area contributed by atoms with Crippen LogP contribution in [0.4, 0.5) is 26.7 Å². The lowest BCUT2D eigenvalue weighted by Gasteiger charge is -2.34. The molecule has 0 radical (unpaired) electrons. The van der Waals surface area contributed by atoms with E-state index in [-0.39, 0.29) is 47.5 Å². The lowest BCUT2D eigenvalue weighted by Crippen LogP contribution is -2.54. The summed E-state index contributed by atoms with van der Waals surface area (Å²) >= 11 is 0. The van der Waals surface area contributed by atoms with E-state index in [4.69, 9.17) is 9.47 Å². The lowest BCUT2D eigenvalue weighted by molar-refractivity contribution is -0.139. The number of anilines is 3. The van der Waals surface area contributed by atoms with Crippen molar-refractivity contribution >= 4 is 52.9 Å². The first kappa shape index (κ1) is 48.0. The molecule has 4 aromatic carbocycles. The molecule has 0 bridgehead atoms. The van der Waals surface area contributed by atoms with Gasteiger partial charge in [0.2, 0.25) is 23.6 Å². The second-order valence-corrected chi connectivity index (χ2v) is 18.2. The molecule has 0 spiro atoms. The van der Waals surface area contributed by atoms with E-state index in [1.807, 2.05) is 94.4 Å². The normalized spacial score (nSPS) is 20.0. The average molecular weight is 914 g/mol. The number of ether oxygens (including phenoxy) is 2. The third kappa shape index (κ3) is 11.0. The highest BCUT2D eigenvalue weighted by atomic mass is 16.5. The van der Waals surface area contributed by atoms with Crippen molar-refractivity contribution in [1.29, 1.82) is 0 Å². The topological polar surface area (TPSA) is 179 Å². The zero-order valence-electron chi connectivity index (χ0n) is 39.2. The van der Waals surface area contributed by atoms with Gasteiger partial charge in [-0.2, -0.15) is 0 Å². The number of amides is 6. The molecule has 3 saturated heterocycles. The largest absolute Gasteiger partial charge is 0.453 e. The first-order valence-corrected chi connectivity index (χ1v) is 23.3. The molecule has 4 N–H and O–H groups in total. The number of carbonyl (C=O) groups excluding carboxylic acids is 6. The lowest BCUT2D eigenvalue weighted by atomic mass is 10.0. The molecule has 2 unspecified atom stereocenters. The van der Waals surface area contributed by atoms with E-state index in [1.54, 1.807) is 9.80 Å². The number of carbonyl (C=O) groups is 6. The van der Waals surface area contributed by atoms with E-state index < -0.39 is 36.4 Å². The zero-order chi connectivity index (χ0) is 47.8. The number of methoxy groups -OCH3 is 2. The van der Waals surface area contributed by atoms with Crippen LogP contribution < -0.4 is 26.2 Å². The van der Waals surface area contributed by atoms with Crippen molar-refractivity contribution in [2.75, 3.05) is 42.8 Å². The molecule has 0 aliphatic carbocycles. The van der Waals surface area contributed by atoms with E-state index in [1.165, 1.54) is 14.2 Å². The van der Waals surface area contributed by atoms with E-state index in [2.05, 4.69) is 62.6 Å². The van der Waals surface area contributed by atoms with Crippen LogP contribution in [0.15, 0.2) is 103 Å². The number of likely N-dealkylation sites (tertiary alicyclic amines) is 2. The molecule has 4 aromatic rings. The van der Waals surface area contributed by atoms with Crippen LogP contribution in [-0.4, -0.2) is 97.1 Å². The monoisotopic (exact) mass is 913 g/mol. The highest BCUT2D eigenvalue weighted by molar-refractivity contribution is 5.99. The fraction of sp³-hybridized carbons (Fsp3) is 0.423. The fourth-order valence-electron chi connectivity index (χ4n) is 9.67. The second kappa shape index (κ2) is 21.6. The van der Waals surface area contributed by atoms with E-state index in [0.717, 1.165) is 40.8 Å². The quantitative estimate of drug-likeness (QED) is 0.0974. The molecule has 354 valence electrons. The van der Waals surface area contributed by atoms with Crippen LogP contribution in [0.25, 0.3) is 11.1 Å². The number of rotatable bonds is 14. The first-order chi connectivity index (χ1) is 32.3. The predicted molar refractivity (Wildman–Crippen MR) is 257 cm³/mol. The van der Waals surface area contributed by atoms with Crippen molar-refractivity contribution in [3.8, 4) is 11.1 Å². The highest BCUT2D eigenvalue weighted by Gasteiger charge is 2.41. The number of hydrogen-bond acceptors (Lipinski definition) is 9. The van der Waals surface area contributed by atoms with Gasteiger partial charge < -0.3 is 45.4 Å². The minimum atomic E-state index is -0.818. The van der Waals surface area contributed by atoms with Gasteiger partial charge >= 0.3 is 12.2 Å². The van der Waals surface area contributed by atoms with Crippen LogP contribution in [-0.2, 0) is 28.7 Å². The molecule has 6 amide bonds. The maximum Gasteiger partial charge on any atom is 0.407 e. The predicted octanol–water partition coefficient (Wildman–Crippen LogP) is 8.06. The Balaban J connectivity index is 1.07. The summed E-state index contributed by atoms with van der Waals surface area (Å²) in [7, 11) is 2.50. The third-order valence-electron chi connectivity index (χ3n) is 13.2. The van der Waals surface area contributed by atoms with Gasteiger partial charge in [-0.05, 0) is 109 Å². The summed E-state index contributed by atoms with van der Waals surface area (Å²) in [6, 6.07) is 31.7. The summed E-state index contributed by atoms with van der Waals surface area (Å²) in [5, 5.41) is 11.3. The molecule has 7 rings (SSSR count). The Kier molecular flexibility index (Phi) is 15.5. The second-order valence-electron chi connectivity index (χ2n) is 18.2. The summed E-state index contributed by atoms with van der Waals surface area (Å²) in [5.41, 5.74) is 6.70. The molecule has 0 aromatic heterocycles. The Labute approximate surface area is 392 Å². The molecule has 67 heavy (non-hydrogen) atoms. The average Bonchev–Trinajstić information content (AvgIpc) is 4.14. The molecule has 6 atom stereocenters. The van der Waals surface area contributed by atoms with Crippen molar-refractivity contribution in [1.82, 2.24) is 20.4 Å². The van der Waals surface area contributed by atoms with Crippen LogP contribution >= 0.6 is 0 Å². The molecule has 0 saturated carbocycles. The maximum absolute atomic E-state index is 13.7. The van der Waals surface area contributed by atoms with E-state index in [9.17, 15) is 28.8 Å². The number of hydrogen-bond donors (Lipinski definition) is 4. The SMILES string of the molecule is COC(=O)N[C@H](C(=O)N1CCC[C@H]1C(=O)Nc1ccc(C2CCC(c3ccc(NC(=O)[C@@H]4CCCN4C(=O)[C@@H](NC(=O)OC)C(C)C)cc3)N2c2ccc(-c3ccccc3)cc2)cc1)C(C)C. The van der Waals surface area contributed by atoms with Gasteiger partial charge in [0.05, 0.1) is 26.3 Å². The van der Waals surface area contributed by atoms with Gasteiger partial charge in [0.1, 0.15) is 24.2 Å². The Hall–Kier alpha value is -6.90. The van der Waals surface area contributed by atoms with Gasteiger partial charge in [0.15, 0.2) is 0 Å². The summed E-state index contributed by atoms with van der Waals surface area (Å²) in [4.78, 5) is 84.2. The zero-order valence-corrected chi connectivity index (χ0v) is 39.2. The van der Waals surface area contributed by atoms with Crippen molar-refractivity contribution < 1.29 is 38.2 Å². The summed E-state index contributed by atoms with van der Waals surface area (Å²) in [6.45, 7) is 8.20. The van der Waals surface area contributed by atoms with Crippen molar-refractivity contribution in [2.45, 2.75) is 102 Å². The van der Waals surface area contributed by atoms with Gasteiger partial charge in [-0.25, -0.2) is 9.59 Å². The Bertz CT molecular complexity index is 2250. The summed E-state index contributed by atoms with van der Waals surface area (Å²) < 4.78 is 9.50. The smallest absolute Gasteiger partial charge is 0.407 e. The minimum absolute atomic E-state index is 0.00385. The molecule has 15 nitrogen and oxygen atoms in total. The first-order valence-electron chi connectivity index (χ1n) is 23.3. The summed E-state index contributed by atoms with van der Waals surface area (Å²) in [5.74, 6) is -1.58. The van der Waals surface area contributed by atoms with E-state index in [0.29, 0.717) is 50.1 Å². The van der Waals surface area contributed by atoms with Gasteiger partial charge in [-0.1, -0.05) is 94.4 Å². The minimum Gasteiger partial charge on any atom is -0.453 e. The molecule has 3 fully saturated rings. The molecular weight excluding hydrogens is 851 g/mol. The molecule has 3 aliphatic rings. The van der Waals surface area contributed by atoms with Crippen LogP contribution in [0.2, 0.25) is 0 Å². The van der Waals surface area contributed by atoms with Gasteiger partial charge in [0.25, 0.3) is 0 Å².